The fourth-order valence-electron chi connectivity index (χ4n) is 5.50. The molecule has 2 heterocycles. The molecule has 0 N–H and O–H groups in total. The van der Waals surface area contributed by atoms with E-state index >= 15 is 0 Å². The molecule has 1 aromatic heterocycles. The zero-order valence-electron chi connectivity index (χ0n) is 27.0. The van der Waals surface area contributed by atoms with Crippen molar-refractivity contribution in [2.45, 2.75) is 32.7 Å². The summed E-state index contributed by atoms with van der Waals surface area (Å²) in [5.41, 5.74) is 4.31. The Morgan fingerprint density at radius 1 is 0.875 bits per heavy atom. The maximum absolute atomic E-state index is 14.2. The minimum atomic E-state index is -0.751. The number of benzene rings is 4. The maximum Gasteiger partial charge on any atom is 0.343 e. The molecule has 0 unspecified atom stereocenters. The van der Waals surface area contributed by atoms with Crippen molar-refractivity contribution in [1.29, 1.82) is 0 Å². The molecule has 5 aromatic rings. The molecular formula is C39H34N2O6S. The Morgan fingerprint density at radius 3 is 2.17 bits per heavy atom. The van der Waals surface area contributed by atoms with Gasteiger partial charge in [-0.25, -0.2) is 14.6 Å². The van der Waals surface area contributed by atoms with E-state index in [0.29, 0.717) is 43.6 Å². The number of hydrogen-bond donors (Lipinski definition) is 0. The molecule has 0 fully saturated rings. The Bertz CT molecular complexity index is 2160. The number of fused-ring (bicyclic) bond motifs is 1. The minimum Gasteiger partial charge on any atom is -0.497 e. The van der Waals surface area contributed by atoms with Crippen LogP contribution in [0.5, 0.6) is 11.5 Å². The minimum absolute atomic E-state index is 0.180. The largest absolute Gasteiger partial charge is 0.497 e. The molecule has 4 aromatic carbocycles. The molecule has 0 saturated heterocycles. The Balaban J connectivity index is 1.42. The van der Waals surface area contributed by atoms with E-state index in [0.717, 1.165) is 22.3 Å². The molecular weight excluding hydrogens is 625 g/mol. The standard InChI is InChI=1S/C39H34N2O6S/c1-5-46-38(44)33-34(27-9-7-6-8-10-27)40-39-41(35(33)28-15-13-26(14-16-28)24(2)3)36(42)32(48-39)23-25-11-19-31(20-12-25)47-37(43)29-17-21-30(45-4)22-18-29/h6-24,35H,5H2,1-4H3/b32-23-/t35-/m1/s1. The summed E-state index contributed by atoms with van der Waals surface area (Å²) >= 11 is 1.25. The molecule has 1 aliphatic rings. The van der Waals surface area contributed by atoms with Gasteiger partial charge in [-0.05, 0) is 72.0 Å². The van der Waals surface area contributed by atoms with Crippen molar-refractivity contribution in [1.82, 2.24) is 4.57 Å². The quantitative estimate of drug-likeness (QED) is 0.137. The van der Waals surface area contributed by atoms with E-state index in [2.05, 4.69) is 13.8 Å². The molecule has 0 amide bonds. The fraction of sp³-hybridized carbons (Fsp3) is 0.179. The second kappa shape index (κ2) is 14.1. The van der Waals surface area contributed by atoms with Gasteiger partial charge in [-0.3, -0.25) is 9.36 Å². The highest BCUT2D eigenvalue weighted by molar-refractivity contribution is 7.07. The van der Waals surface area contributed by atoms with Gasteiger partial charge in [0.1, 0.15) is 11.5 Å². The summed E-state index contributed by atoms with van der Waals surface area (Å²) < 4.78 is 18.3. The molecule has 0 bridgehead atoms. The van der Waals surface area contributed by atoms with Gasteiger partial charge in [0.2, 0.25) is 0 Å². The van der Waals surface area contributed by atoms with E-state index in [1.54, 1.807) is 73.2 Å². The average Bonchev–Trinajstić information content (AvgIpc) is 3.42. The molecule has 242 valence electrons. The molecule has 0 aliphatic carbocycles. The predicted octanol–water partition coefficient (Wildman–Crippen LogP) is 6.29. The molecule has 1 aliphatic heterocycles. The van der Waals surface area contributed by atoms with Crippen LogP contribution in [-0.2, 0) is 9.53 Å². The molecule has 0 saturated carbocycles. The van der Waals surface area contributed by atoms with Gasteiger partial charge in [-0.15, -0.1) is 0 Å². The van der Waals surface area contributed by atoms with Crippen LogP contribution in [0.25, 0.3) is 11.8 Å². The van der Waals surface area contributed by atoms with Crippen molar-refractivity contribution >= 4 is 35.0 Å². The fourth-order valence-corrected chi connectivity index (χ4v) is 6.50. The molecule has 9 heteroatoms. The number of methoxy groups -OCH3 is 1. The van der Waals surface area contributed by atoms with E-state index in [9.17, 15) is 14.4 Å². The first-order chi connectivity index (χ1) is 23.3. The Hall–Kier alpha value is -5.54. The van der Waals surface area contributed by atoms with Crippen molar-refractivity contribution in [3.05, 3.63) is 156 Å². The van der Waals surface area contributed by atoms with Gasteiger partial charge in [0.05, 0.1) is 41.1 Å². The number of esters is 2. The van der Waals surface area contributed by atoms with Crippen LogP contribution in [0, 0.1) is 0 Å². The predicted molar refractivity (Wildman–Crippen MR) is 186 cm³/mol. The number of rotatable bonds is 9. The Labute approximate surface area is 281 Å². The summed E-state index contributed by atoms with van der Waals surface area (Å²) in [5.74, 6) is 0.313. The van der Waals surface area contributed by atoms with E-state index in [1.165, 1.54) is 11.3 Å². The average molecular weight is 659 g/mol. The van der Waals surface area contributed by atoms with Crippen LogP contribution in [0.4, 0.5) is 0 Å². The molecule has 6 rings (SSSR count). The molecule has 0 radical (unpaired) electrons. The molecule has 0 spiro atoms. The normalized spacial score (nSPS) is 14.4. The highest BCUT2D eigenvalue weighted by Gasteiger charge is 2.35. The van der Waals surface area contributed by atoms with Gasteiger partial charge in [0, 0.05) is 5.56 Å². The van der Waals surface area contributed by atoms with Gasteiger partial charge >= 0.3 is 11.9 Å². The third-order valence-electron chi connectivity index (χ3n) is 8.01. The number of hydrogen-bond acceptors (Lipinski definition) is 8. The lowest BCUT2D eigenvalue weighted by molar-refractivity contribution is -0.138. The van der Waals surface area contributed by atoms with Crippen molar-refractivity contribution in [2.75, 3.05) is 13.7 Å². The molecule has 1 atom stereocenters. The first kappa shape index (κ1) is 32.4. The van der Waals surface area contributed by atoms with Gasteiger partial charge in [-0.2, -0.15) is 0 Å². The third-order valence-corrected chi connectivity index (χ3v) is 8.99. The number of carbonyl (C=O) groups excluding carboxylic acids is 2. The summed E-state index contributed by atoms with van der Waals surface area (Å²) in [6, 6.07) is 30.3. The van der Waals surface area contributed by atoms with E-state index in [-0.39, 0.29) is 12.2 Å². The van der Waals surface area contributed by atoms with E-state index < -0.39 is 18.0 Å². The van der Waals surface area contributed by atoms with Crippen LogP contribution in [0.3, 0.4) is 0 Å². The topological polar surface area (TPSA) is 96.2 Å². The highest BCUT2D eigenvalue weighted by Crippen LogP contribution is 2.35. The lowest BCUT2D eigenvalue weighted by Crippen LogP contribution is -2.40. The summed E-state index contributed by atoms with van der Waals surface area (Å²) in [6.07, 6.45) is 1.77. The van der Waals surface area contributed by atoms with Crippen molar-refractivity contribution in [3.63, 3.8) is 0 Å². The van der Waals surface area contributed by atoms with Gasteiger partial charge in [0.15, 0.2) is 4.80 Å². The number of thiazole rings is 1. The second-order valence-electron chi connectivity index (χ2n) is 11.4. The van der Waals surface area contributed by atoms with Crippen LogP contribution >= 0.6 is 11.3 Å². The van der Waals surface area contributed by atoms with Crippen molar-refractivity contribution < 1.29 is 23.8 Å². The van der Waals surface area contributed by atoms with Crippen molar-refractivity contribution in [2.24, 2.45) is 4.99 Å². The zero-order valence-corrected chi connectivity index (χ0v) is 27.8. The lowest BCUT2D eigenvalue weighted by Gasteiger charge is -2.26. The number of carbonyl (C=O) groups is 2. The third kappa shape index (κ3) is 6.63. The smallest absolute Gasteiger partial charge is 0.343 e. The van der Waals surface area contributed by atoms with Gasteiger partial charge in [-0.1, -0.05) is 91.9 Å². The summed E-state index contributed by atoms with van der Waals surface area (Å²) in [4.78, 5) is 45.9. The highest BCUT2D eigenvalue weighted by atomic mass is 32.1. The number of nitrogens with zero attached hydrogens (tertiary/aromatic N) is 2. The molecule has 48 heavy (non-hydrogen) atoms. The van der Waals surface area contributed by atoms with Gasteiger partial charge in [0.25, 0.3) is 5.56 Å². The van der Waals surface area contributed by atoms with E-state index in [1.807, 2.05) is 54.6 Å². The SMILES string of the molecule is CCOC(=O)C1=C(c2ccccc2)N=c2s/c(=C\c3ccc(OC(=O)c4ccc(OC)cc4)cc3)c(=O)n2[C@@H]1c1ccc(C(C)C)cc1. The van der Waals surface area contributed by atoms with E-state index in [4.69, 9.17) is 19.2 Å². The molecule has 8 nitrogen and oxygen atoms in total. The first-order valence-corrected chi connectivity index (χ1v) is 16.4. The van der Waals surface area contributed by atoms with Crippen LogP contribution in [0.1, 0.15) is 65.3 Å². The lowest BCUT2D eigenvalue weighted by atomic mass is 9.91. The monoisotopic (exact) mass is 658 g/mol. The summed E-state index contributed by atoms with van der Waals surface area (Å²) in [6.45, 7) is 6.17. The first-order valence-electron chi connectivity index (χ1n) is 15.6. The Kier molecular flexibility index (Phi) is 9.50. The number of ether oxygens (including phenoxy) is 3. The Morgan fingerprint density at radius 2 is 1.54 bits per heavy atom. The maximum atomic E-state index is 14.2. The number of aromatic nitrogens is 1. The zero-order chi connectivity index (χ0) is 33.8. The van der Waals surface area contributed by atoms with Crippen molar-refractivity contribution in [3.8, 4) is 11.5 Å². The summed E-state index contributed by atoms with van der Waals surface area (Å²) in [7, 11) is 1.56. The van der Waals surface area contributed by atoms with Crippen LogP contribution < -0.4 is 24.4 Å². The van der Waals surface area contributed by atoms with Crippen LogP contribution in [0.15, 0.2) is 118 Å². The van der Waals surface area contributed by atoms with Gasteiger partial charge < -0.3 is 14.2 Å². The van der Waals surface area contributed by atoms with Crippen LogP contribution in [0.2, 0.25) is 0 Å². The second-order valence-corrected chi connectivity index (χ2v) is 12.4. The van der Waals surface area contributed by atoms with Crippen LogP contribution in [-0.4, -0.2) is 30.2 Å². The summed E-state index contributed by atoms with van der Waals surface area (Å²) in [5, 5.41) is 0.